The Bertz CT molecular complexity index is 1030. The van der Waals surface area contributed by atoms with Crippen LogP contribution in [0.1, 0.15) is 23.3 Å². The van der Waals surface area contributed by atoms with Crippen LogP contribution in [0.5, 0.6) is 5.75 Å². The highest BCUT2D eigenvalue weighted by molar-refractivity contribution is 7.89. The lowest BCUT2D eigenvalue weighted by Gasteiger charge is -2.33. The first-order valence-electron chi connectivity index (χ1n) is 8.35. The summed E-state index contributed by atoms with van der Waals surface area (Å²) in [6.45, 7) is 0.302. The van der Waals surface area contributed by atoms with Gasteiger partial charge in [0.1, 0.15) is 4.90 Å². The largest absolute Gasteiger partial charge is 0.489 e. The Morgan fingerprint density at radius 3 is 2.74 bits per heavy atom. The summed E-state index contributed by atoms with van der Waals surface area (Å²) in [5.41, 5.74) is 0.0272. The van der Waals surface area contributed by atoms with Gasteiger partial charge in [0.25, 0.3) is 5.91 Å². The molecule has 0 radical (unpaired) electrons. The molecule has 0 saturated heterocycles. The maximum atomic E-state index is 13.4. The van der Waals surface area contributed by atoms with E-state index in [-0.39, 0.29) is 34.0 Å². The molecule has 0 spiro atoms. The van der Waals surface area contributed by atoms with Gasteiger partial charge in [-0.05, 0) is 30.9 Å². The fourth-order valence-electron chi connectivity index (χ4n) is 3.39. The molecule has 0 unspecified atom stereocenters. The number of ether oxygens (including phenoxy) is 1. The number of amides is 1. The summed E-state index contributed by atoms with van der Waals surface area (Å²) in [7, 11) is -2.33. The van der Waals surface area contributed by atoms with Crippen molar-refractivity contribution in [2.45, 2.75) is 23.8 Å². The summed E-state index contributed by atoms with van der Waals surface area (Å²) in [4.78, 5) is 12.6. The molecule has 144 valence electrons. The molecule has 5 rings (SSSR count). The van der Waals surface area contributed by atoms with Crippen LogP contribution in [0.25, 0.3) is 0 Å². The average Bonchev–Trinajstić information content (AvgIpc) is 2.92. The van der Waals surface area contributed by atoms with Crippen LogP contribution in [-0.2, 0) is 17.1 Å². The molecule has 1 saturated carbocycles. The van der Waals surface area contributed by atoms with Gasteiger partial charge in [0.15, 0.2) is 23.1 Å². The number of aryl methyl sites for hydroxylation is 1. The van der Waals surface area contributed by atoms with E-state index < -0.39 is 27.6 Å². The molecular weight excluding hydrogens is 380 g/mol. The molecule has 1 aromatic carbocycles. The van der Waals surface area contributed by atoms with E-state index in [1.165, 1.54) is 23.9 Å². The van der Waals surface area contributed by atoms with Gasteiger partial charge in [-0.3, -0.25) is 4.79 Å². The normalized spacial score (nSPS) is 23.1. The quantitative estimate of drug-likeness (QED) is 0.811. The van der Waals surface area contributed by atoms with Crippen LogP contribution < -0.4 is 14.8 Å². The molecular formula is C17H17F2N3O4S. The van der Waals surface area contributed by atoms with Gasteiger partial charge in [-0.15, -0.1) is 0 Å². The van der Waals surface area contributed by atoms with Crippen LogP contribution in [0.4, 0.5) is 14.5 Å². The minimum Gasteiger partial charge on any atom is -0.489 e. The number of halogens is 2. The predicted molar refractivity (Wildman–Crippen MR) is 92.1 cm³/mol. The summed E-state index contributed by atoms with van der Waals surface area (Å²) < 4.78 is 61.4. The number of nitrogens with zero attached hydrogens (tertiary/aromatic N) is 1. The first kappa shape index (κ1) is 17.9. The van der Waals surface area contributed by atoms with Gasteiger partial charge in [0, 0.05) is 31.0 Å². The molecule has 27 heavy (non-hydrogen) atoms. The number of nitrogens with one attached hydrogen (secondary N) is 2. The highest BCUT2D eigenvalue weighted by atomic mass is 32.2. The van der Waals surface area contributed by atoms with E-state index in [9.17, 15) is 22.0 Å². The SMILES string of the molecule is Cn1cc2c(c1C(=O)Nc1ccc(F)c(F)c1)OC[C@H]1C[C@H](C1)NS2(=O)=O. The molecule has 2 aromatic rings. The zero-order valence-corrected chi connectivity index (χ0v) is 15.1. The Kier molecular flexibility index (Phi) is 4.19. The monoisotopic (exact) mass is 397 g/mol. The third-order valence-corrected chi connectivity index (χ3v) is 6.32. The van der Waals surface area contributed by atoms with Crippen molar-refractivity contribution < 1.29 is 26.7 Å². The molecule has 2 aliphatic heterocycles. The van der Waals surface area contributed by atoms with Crippen LogP contribution >= 0.6 is 0 Å². The maximum Gasteiger partial charge on any atom is 0.276 e. The Morgan fingerprint density at radius 2 is 2.04 bits per heavy atom. The average molecular weight is 397 g/mol. The van der Waals surface area contributed by atoms with E-state index in [0.717, 1.165) is 12.1 Å². The fraction of sp³-hybridized carbons (Fsp3) is 0.353. The summed E-state index contributed by atoms with van der Waals surface area (Å²) in [6.07, 6.45) is 2.68. The zero-order valence-electron chi connectivity index (χ0n) is 14.3. The number of aromatic nitrogens is 1. The molecule has 3 heterocycles. The third-order valence-electron chi connectivity index (χ3n) is 4.81. The first-order valence-corrected chi connectivity index (χ1v) is 9.84. The van der Waals surface area contributed by atoms with Crippen LogP contribution in [-0.4, -0.2) is 31.5 Å². The lowest BCUT2D eigenvalue weighted by Crippen LogP contribution is -2.44. The second-order valence-electron chi connectivity index (χ2n) is 6.83. The molecule has 1 amide bonds. The highest BCUT2D eigenvalue weighted by Gasteiger charge is 2.39. The van der Waals surface area contributed by atoms with Crippen molar-refractivity contribution in [2.75, 3.05) is 11.9 Å². The molecule has 1 fully saturated rings. The van der Waals surface area contributed by atoms with Crippen molar-refractivity contribution in [3.63, 3.8) is 0 Å². The van der Waals surface area contributed by atoms with Crippen LogP contribution in [0, 0.1) is 17.6 Å². The fourth-order valence-corrected chi connectivity index (χ4v) is 4.84. The number of carbonyl (C=O) groups excluding carboxylic acids is 1. The van der Waals surface area contributed by atoms with Gasteiger partial charge in [-0.1, -0.05) is 0 Å². The summed E-state index contributed by atoms with van der Waals surface area (Å²) in [5, 5.41) is 2.44. The van der Waals surface area contributed by atoms with Gasteiger partial charge in [0.2, 0.25) is 10.0 Å². The number of rotatable bonds is 2. The highest BCUT2D eigenvalue weighted by Crippen LogP contribution is 2.37. The molecule has 3 aliphatic rings. The van der Waals surface area contributed by atoms with E-state index in [1.54, 1.807) is 0 Å². The number of fused-ring (bicyclic) bond motifs is 2. The van der Waals surface area contributed by atoms with E-state index in [0.29, 0.717) is 19.4 Å². The van der Waals surface area contributed by atoms with Gasteiger partial charge in [-0.25, -0.2) is 21.9 Å². The molecule has 2 N–H and O–H groups in total. The standard InChI is InChI=1S/C17H17F2N3O4S/c1-22-7-14-16(26-8-9-4-11(5-9)21-27(14,24)25)15(22)17(23)20-10-2-3-12(18)13(19)6-10/h2-3,6-7,9,11,21H,4-5,8H2,1H3,(H,20,23)/t9-,11+. The zero-order chi connectivity index (χ0) is 19.3. The van der Waals surface area contributed by atoms with E-state index in [1.807, 2.05) is 0 Å². The van der Waals surface area contributed by atoms with Crippen molar-refractivity contribution in [3.05, 3.63) is 41.7 Å². The lowest BCUT2D eigenvalue weighted by molar-refractivity contribution is 0.100. The Morgan fingerprint density at radius 1 is 1.30 bits per heavy atom. The molecule has 0 atom stereocenters. The van der Waals surface area contributed by atoms with Gasteiger partial charge in [0.05, 0.1) is 6.61 Å². The van der Waals surface area contributed by atoms with Crippen molar-refractivity contribution in [1.82, 2.24) is 9.29 Å². The second-order valence-corrected chi connectivity index (χ2v) is 8.51. The Balaban J connectivity index is 1.71. The van der Waals surface area contributed by atoms with Gasteiger partial charge >= 0.3 is 0 Å². The number of hydrogen-bond acceptors (Lipinski definition) is 4. The van der Waals surface area contributed by atoms with Gasteiger partial charge < -0.3 is 14.6 Å². The number of benzene rings is 1. The first-order chi connectivity index (χ1) is 12.7. The number of hydrogen-bond donors (Lipinski definition) is 2. The molecule has 1 aromatic heterocycles. The third kappa shape index (κ3) is 3.19. The predicted octanol–water partition coefficient (Wildman–Crippen LogP) is 2.00. The summed E-state index contributed by atoms with van der Waals surface area (Å²) in [6, 6.07) is 2.82. The summed E-state index contributed by atoms with van der Waals surface area (Å²) in [5.74, 6) is -2.66. The van der Waals surface area contributed by atoms with Crippen molar-refractivity contribution in [2.24, 2.45) is 13.0 Å². The summed E-state index contributed by atoms with van der Waals surface area (Å²) >= 11 is 0. The van der Waals surface area contributed by atoms with Gasteiger partial charge in [-0.2, -0.15) is 0 Å². The smallest absolute Gasteiger partial charge is 0.276 e. The molecule has 1 aliphatic carbocycles. The van der Waals surface area contributed by atoms with Crippen LogP contribution in [0.2, 0.25) is 0 Å². The number of carbonyl (C=O) groups is 1. The molecule has 2 bridgehead atoms. The number of anilines is 1. The van der Waals surface area contributed by atoms with Crippen molar-refractivity contribution >= 4 is 21.6 Å². The Hall–Kier alpha value is -2.46. The van der Waals surface area contributed by atoms with E-state index >= 15 is 0 Å². The Labute approximate surface area is 154 Å². The molecule has 7 nitrogen and oxygen atoms in total. The van der Waals surface area contributed by atoms with Crippen LogP contribution in [0.3, 0.4) is 0 Å². The number of sulfonamides is 1. The minimum absolute atomic E-state index is 0.0146. The maximum absolute atomic E-state index is 13.4. The van der Waals surface area contributed by atoms with Crippen LogP contribution in [0.15, 0.2) is 29.3 Å². The van der Waals surface area contributed by atoms with E-state index in [4.69, 9.17) is 4.74 Å². The second kappa shape index (κ2) is 6.31. The van der Waals surface area contributed by atoms with Crippen molar-refractivity contribution in [1.29, 1.82) is 0 Å². The lowest BCUT2D eigenvalue weighted by atomic mass is 9.81. The minimum atomic E-state index is -3.84. The molecule has 10 heteroatoms. The topological polar surface area (TPSA) is 89.4 Å². The van der Waals surface area contributed by atoms with E-state index in [2.05, 4.69) is 10.0 Å². The van der Waals surface area contributed by atoms with Crippen molar-refractivity contribution in [3.8, 4) is 5.75 Å².